The zero-order chi connectivity index (χ0) is 17.4. The van der Waals surface area contributed by atoms with E-state index in [2.05, 4.69) is 20.2 Å². The molecule has 0 saturated heterocycles. The van der Waals surface area contributed by atoms with Crippen molar-refractivity contribution in [1.82, 2.24) is 20.2 Å². The van der Waals surface area contributed by atoms with Crippen molar-refractivity contribution in [3.8, 4) is 22.8 Å². The first kappa shape index (κ1) is 15.5. The number of pyridine rings is 2. The number of halogens is 2. The van der Waals surface area contributed by atoms with Gasteiger partial charge in [-0.1, -0.05) is 11.6 Å². The first-order chi connectivity index (χ1) is 12.1. The van der Waals surface area contributed by atoms with E-state index in [1.807, 2.05) is 25.1 Å². The van der Waals surface area contributed by atoms with Crippen LogP contribution >= 0.6 is 11.6 Å². The number of nitrogens with one attached hydrogen (secondary N) is 1. The van der Waals surface area contributed by atoms with Gasteiger partial charge < -0.3 is 4.74 Å². The summed E-state index contributed by atoms with van der Waals surface area (Å²) in [5.74, 6) is 0.467. The van der Waals surface area contributed by atoms with E-state index in [0.717, 1.165) is 11.1 Å². The van der Waals surface area contributed by atoms with Gasteiger partial charge in [-0.15, -0.1) is 0 Å². The quantitative estimate of drug-likeness (QED) is 0.531. The van der Waals surface area contributed by atoms with Crippen LogP contribution in [0.2, 0.25) is 5.15 Å². The highest BCUT2D eigenvalue weighted by Crippen LogP contribution is 2.40. The van der Waals surface area contributed by atoms with Crippen LogP contribution in [-0.2, 0) is 0 Å². The normalized spacial score (nSPS) is 11.0. The Morgan fingerprint density at radius 3 is 2.76 bits per heavy atom. The minimum Gasteiger partial charge on any atom is -0.453 e. The Kier molecular flexibility index (Phi) is 3.82. The van der Waals surface area contributed by atoms with Crippen molar-refractivity contribution in [3.05, 3.63) is 65.3 Å². The van der Waals surface area contributed by atoms with Gasteiger partial charge in [-0.25, -0.2) is 14.4 Å². The van der Waals surface area contributed by atoms with Gasteiger partial charge in [-0.3, -0.25) is 5.10 Å². The Bertz CT molecular complexity index is 1060. The van der Waals surface area contributed by atoms with Gasteiger partial charge in [0.15, 0.2) is 16.5 Å². The summed E-state index contributed by atoms with van der Waals surface area (Å²) in [4.78, 5) is 8.50. The summed E-state index contributed by atoms with van der Waals surface area (Å²) in [5.41, 5.74) is 2.73. The number of hydrogen-bond acceptors (Lipinski definition) is 4. The Labute approximate surface area is 147 Å². The predicted molar refractivity (Wildman–Crippen MR) is 93.3 cm³/mol. The average Bonchev–Trinajstić information content (AvgIpc) is 3.03. The van der Waals surface area contributed by atoms with E-state index in [-0.39, 0.29) is 11.0 Å². The lowest BCUT2D eigenvalue weighted by molar-refractivity contribution is 0.480. The number of benzene rings is 1. The molecule has 5 nitrogen and oxygen atoms in total. The van der Waals surface area contributed by atoms with Crippen LogP contribution in [0.5, 0.6) is 11.5 Å². The number of nitrogens with zero attached hydrogens (tertiary/aromatic N) is 3. The third kappa shape index (κ3) is 2.92. The highest BCUT2D eigenvalue weighted by atomic mass is 35.5. The number of ether oxygens (including phenoxy) is 1. The third-order valence-electron chi connectivity index (χ3n) is 3.68. The minimum atomic E-state index is -0.343. The van der Waals surface area contributed by atoms with Crippen molar-refractivity contribution in [2.24, 2.45) is 0 Å². The number of aryl methyl sites for hydroxylation is 1. The van der Waals surface area contributed by atoms with Gasteiger partial charge in [0.05, 0.1) is 5.56 Å². The standard InChI is InChI=1S/C18H12ClFN4O/c1-10-9-14(15-13-3-2-8-21-18(13)24-23-15)16(17(19)22-10)25-12-6-4-11(20)5-7-12/h2-9H,1H3,(H,21,23,24). The van der Waals surface area contributed by atoms with Crippen LogP contribution < -0.4 is 4.74 Å². The van der Waals surface area contributed by atoms with Gasteiger partial charge in [0.2, 0.25) is 0 Å². The molecule has 4 rings (SSSR count). The van der Waals surface area contributed by atoms with Crippen LogP contribution in [0.1, 0.15) is 5.69 Å². The summed E-state index contributed by atoms with van der Waals surface area (Å²) in [6.45, 7) is 1.84. The highest BCUT2D eigenvalue weighted by molar-refractivity contribution is 6.31. The molecule has 0 radical (unpaired) electrons. The van der Waals surface area contributed by atoms with Crippen molar-refractivity contribution < 1.29 is 9.13 Å². The SMILES string of the molecule is Cc1cc(-c2n[nH]c3ncccc23)c(Oc2ccc(F)cc2)c(Cl)n1. The molecule has 0 aliphatic carbocycles. The second-order valence-corrected chi connectivity index (χ2v) is 5.82. The van der Waals surface area contributed by atoms with Crippen LogP contribution in [0.3, 0.4) is 0 Å². The van der Waals surface area contributed by atoms with Crippen molar-refractivity contribution in [2.75, 3.05) is 0 Å². The zero-order valence-electron chi connectivity index (χ0n) is 13.1. The van der Waals surface area contributed by atoms with Crippen molar-refractivity contribution in [1.29, 1.82) is 0 Å². The van der Waals surface area contributed by atoms with E-state index < -0.39 is 0 Å². The molecule has 124 valence electrons. The molecule has 0 aliphatic rings. The largest absolute Gasteiger partial charge is 0.453 e. The maximum atomic E-state index is 13.1. The Morgan fingerprint density at radius 2 is 1.96 bits per heavy atom. The van der Waals surface area contributed by atoms with Gasteiger partial charge in [0.25, 0.3) is 0 Å². The van der Waals surface area contributed by atoms with Crippen LogP contribution in [0.4, 0.5) is 4.39 Å². The van der Waals surface area contributed by atoms with Crippen molar-refractivity contribution in [2.45, 2.75) is 6.92 Å². The lowest BCUT2D eigenvalue weighted by Crippen LogP contribution is -1.95. The summed E-state index contributed by atoms with van der Waals surface area (Å²) in [6.07, 6.45) is 1.69. The molecule has 3 heterocycles. The Morgan fingerprint density at radius 1 is 1.16 bits per heavy atom. The number of fused-ring (bicyclic) bond motifs is 1. The van der Waals surface area contributed by atoms with E-state index in [1.165, 1.54) is 24.3 Å². The highest BCUT2D eigenvalue weighted by Gasteiger charge is 2.19. The fourth-order valence-corrected chi connectivity index (χ4v) is 2.85. The van der Waals surface area contributed by atoms with E-state index in [9.17, 15) is 4.39 Å². The molecule has 25 heavy (non-hydrogen) atoms. The van der Waals surface area contributed by atoms with Gasteiger partial charge in [-0.05, 0) is 49.4 Å². The third-order valence-corrected chi connectivity index (χ3v) is 3.94. The molecule has 0 aliphatic heterocycles. The molecule has 1 N–H and O–H groups in total. The number of hydrogen-bond donors (Lipinski definition) is 1. The summed E-state index contributed by atoms with van der Waals surface area (Å²) < 4.78 is 19.0. The summed E-state index contributed by atoms with van der Waals surface area (Å²) in [5, 5.41) is 8.29. The number of aromatic amines is 1. The molecule has 0 atom stereocenters. The molecule has 0 spiro atoms. The molecular weight excluding hydrogens is 343 g/mol. The van der Waals surface area contributed by atoms with E-state index in [4.69, 9.17) is 16.3 Å². The smallest absolute Gasteiger partial charge is 0.174 e. The fourth-order valence-electron chi connectivity index (χ4n) is 2.58. The van der Waals surface area contributed by atoms with Gasteiger partial charge in [-0.2, -0.15) is 5.10 Å². The van der Waals surface area contributed by atoms with Crippen LogP contribution in [0, 0.1) is 12.7 Å². The van der Waals surface area contributed by atoms with E-state index >= 15 is 0 Å². The molecule has 1 aromatic carbocycles. The molecule has 4 aromatic rings. The average molecular weight is 355 g/mol. The molecule has 3 aromatic heterocycles. The topological polar surface area (TPSA) is 63.7 Å². The Hall–Kier alpha value is -2.99. The monoisotopic (exact) mass is 354 g/mol. The van der Waals surface area contributed by atoms with Gasteiger partial charge >= 0.3 is 0 Å². The minimum absolute atomic E-state index is 0.208. The first-order valence-corrected chi connectivity index (χ1v) is 7.89. The lowest BCUT2D eigenvalue weighted by atomic mass is 10.1. The molecule has 7 heteroatoms. The maximum absolute atomic E-state index is 13.1. The van der Waals surface area contributed by atoms with Crippen LogP contribution in [-0.4, -0.2) is 20.2 Å². The van der Waals surface area contributed by atoms with Gasteiger partial charge in [0, 0.05) is 17.3 Å². The maximum Gasteiger partial charge on any atom is 0.174 e. The summed E-state index contributed by atoms with van der Waals surface area (Å²) in [6, 6.07) is 11.3. The molecular formula is C18H12ClFN4O. The van der Waals surface area contributed by atoms with Crippen molar-refractivity contribution >= 4 is 22.6 Å². The summed E-state index contributed by atoms with van der Waals surface area (Å²) >= 11 is 6.32. The number of H-pyrrole nitrogens is 1. The number of rotatable bonds is 3. The second kappa shape index (κ2) is 6.14. The first-order valence-electron chi connectivity index (χ1n) is 7.52. The zero-order valence-corrected chi connectivity index (χ0v) is 13.9. The van der Waals surface area contributed by atoms with Crippen LogP contribution in [0.15, 0.2) is 48.7 Å². The number of aromatic nitrogens is 4. The van der Waals surface area contributed by atoms with Gasteiger partial charge in [0.1, 0.15) is 17.3 Å². The van der Waals surface area contributed by atoms with E-state index in [0.29, 0.717) is 28.4 Å². The Balaban J connectivity index is 1.88. The fraction of sp³-hybridized carbons (Fsp3) is 0.0556. The van der Waals surface area contributed by atoms with Crippen LogP contribution in [0.25, 0.3) is 22.3 Å². The molecule has 0 bridgehead atoms. The second-order valence-electron chi connectivity index (χ2n) is 5.46. The lowest BCUT2D eigenvalue weighted by Gasteiger charge is -2.12. The van der Waals surface area contributed by atoms with E-state index in [1.54, 1.807) is 6.20 Å². The molecule has 0 amide bonds. The molecule has 0 saturated carbocycles. The summed E-state index contributed by atoms with van der Waals surface area (Å²) in [7, 11) is 0. The molecule has 0 unspecified atom stereocenters. The predicted octanol–water partition coefficient (Wildman–Crippen LogP) is 4.91. The molecule has 0 fully saturated rings. The van der Waals surface area contributed by atoms with Crippen molar-refractivity contribution in [3.63, 3.8) is 0 Å².